The monoisotopic (exact) mass is 461 g/mol. The lowest BCUT2D eigenvalue weighted by Gasteiger charge is -2.11. The van der Waals surface area contributed by atoms with Gasteiger partial charge in [0.25, 0.3) is 5.56 Å². The van der Waals surface area contributed by atoms with Gasteiger partial charge in [0.2, 0.25) is 11.8 Å². The van der Waals surface area contributed by atoms with Crippen LogP contribution < -0.4 is 16.2 Å². The van der Waals surface area contributed by atoms with Gasteiger partial charge in [0.1, 0.15) is 5.82 Å². The van der Waals surface area contributed by atoms with Gasteiger partial charge in [-0.2, -0.15) is 0 Å². The van der Waals surface area contributed by atoms with E-state index in [2.05, 4.69) is 25.8 Å². The molecule has 0 spiro atoms. The van der Waals surface area contributed by atoms with Crippen LogP contribution in [0.15, 0.2) is 46.3 Å². The number of hydrogen-bond donors (Lipinski definition) is 3. The van der Waals surface area contributed by atoms with Crippen molar-refractivity contribution < 1.29 is 14.0 Å². The van der Waals surface area contributed by atoms with Gasteiger partial charge in [-0.15, -0.1) is 10.2 Å². The Morgan fingerprint density at radius 1 is 1.19 bits per heavy atom. The number of nitrogens with zero attached hydrogens (tertiary/aromatic N) is 2. The zero-order chi connectivity index (χ0) is 22.5. The van der Waals surface area contributed by atoms with E-state index in [-0.39, 0.29) is 27.5 Å². The molecule has 1 heterocycles. The van der Waals surface area contributed by atoms with E-state index in [0.717, 1.165) is 23.4 Å². The maximum atomic E-state index is 13.2. The number of aromatic nitrogens is 3. The minimum absolute atomic E-state index is 0.0437. The molecule has 0 aliphatic carbocycles. The molecule has 0 radical (unpaired) electrons. The van der Waals surface area contributed by atoms with E-state index in [1.54, 1.807) is 25.1 Å². The number of rotatable bonds is 6. The summed E-state index contributed by atoms with van der Waals surface area (Å²) in [5.74, 6) is -1.33. The van der Waals surface area contributed by atoms with Gasteiger partial charge >= 0.3 is 0 Å². The second kappa shape index (κ2) is 9.71. The van der Waals surface area contributed by atoms with Crippen LogP contribution in [-0.2, 0) is 9.59 Å². The number of aryl methyl sites for hydroxylation is 1. The third kappa shape index (κ3) is 5.68. The third-order valence-electron chi connectivity index (χ3n) is 4.05. The largest absolute Gasteiger partial charge is 0.325 e. The van der Waals surface area contributed by atoms with E-state index < -0.39 is 17.3 Å². The number of aromatic amines is 1. The van der Waals surface area contributed by atoms with E-state index in [1.807, 2.05) is 0 Å². The minimum Gasteiger partial charge on any atom is -0.325 e. The zero-order valence-corrected chi connectivity index (χ0v) is 18.0. The summed E-state index contributed by atoms with van der Waals surface area (Å²) < 4.78 is 13.2. The maximum absolute atomic E-state index is 13.2. The molecule has 0 fully saturated rings. The first-order chi connectivity index (χ1) is 14.7. The molecule has 8 nitrogen and oxygen atoms in total. The molecule has 3 aromatic rings. The van der Waals surface area contributed by atoms with Crippen molar-refractivity contribution >= 4 is 46.6 Å². The summed E-state index contributed by atoms with van der Waals surface area (Å²) in [5.41, 5.74) is 1.56. The highest BCUT2D eigenvalue weighted by molar-refractivity contribution is 7.99. The molecule has 0 unspecified atom stereocenters. The predicted octanol–water partition coefficient (Wildman–Crippen LogP) is 3.62. The maximum Gasteiger partial charge on any atom is 0.278 e. The van der Waals surface area contributed by atoms with Gasteiger partial charge in [-0.05, 0) is 30.7 Å². The summed E-state index contributed by atoms with van der Waals surface area (Å²) in [4.78, 5) is 38.7. The van der Waals surface area contributed by atoms with Gasteiger partial charge in [0, 0.05) is 18.2 Å². The van der Waals surface area contributed by atoms with Crippen LogP contribution in [0.4, 0.5) is 15.8 Å². The number of amides is 2. The van der Waals surface area contributed by atoms with E-state index in [0.29, 0.717) is 16.9 Å². The van der Waals surface area contributed by atoms with Crippen LogP contribution in [0.25, 0.3) is 11.3 Å². The molecule has 11 heteroatoms. The second-order valence-electron chi connectivity index (χ2n) is 6.45. The molecule has 0 aliphatic heterocycles. The lowest BCUT2D eigenvalue weighted by atomic mass is 10.1. The highest BCUT2D eigenvalue weighted by Crippen LogP contribution is 2.27. The van der Waals surface area contributed by atoms with E-state index in [4.69, 9.17) is 11.6 Å². The second-order valence-corrected chi connectivity index (χ2v) is 7.82. The molecule has 0 atom stereocenters. The summed E-state index contributed by atoms with van der Waals surface area (Å²) in [6, 6.07) is 9.03. The summed E-state index contributed by atoms with van der Waals surface area (Å²) in [7, 11) is 0. The molecule has 3 N–H and O–H groups in total. The fraction of sp³-hybridized carbons (Fsp3) is 0.150. The molecule has 0 aliphatic rings. The van der Waals surface area contributed by atoms with Gasteiger partial charge in [0.05, 0.1) is 16.5 Å². The molecule has 1 aromatic heterocycles. The Balaban J connectivity index is 1.72. The van der Waals surface area contributed by atoms with Crippen LogP contribution in [0.5, 0.6) is 0 Å². The van der Waals surface area contributed by atoms with Crippen molar-refractivity contribution in [2.45, 2.75) is 19.0 Å². The van der Waals surface area contributed by atoms with Crippen molar-refractivity contribution in [3.63, 3.8) is 0 Å². The number of para-hydroxylation sites is 1. The number of carbonyl (C=O) groups is 2. The highest BCUT2D eigenvalue weighted by Gasteiger charge is 2.15. The molecular weight excluding hydrogens is 445 g/mol. The number of H-pyrrole nitrogens is 1. The average molecular weight is 462 g/mol. The summed E-state index contributed by atoms with van der Waals surface area (Å²) >= 11 is 6.66. The Labute approximate surface area is 185 Å². The van der Waals surface area contributed by atoms with Crippen LogP contribution >= 0.6 is 23.4 Å². The van der Waals surface area contributed by atoms with Gasteiger partial charge in [0.15, 0.2) is 10.9 Å². The summed E-state index contributed by atoms with van der Waals surface area (Å²) in [5, 5.41) is 13.3. The van der Waals surface area contributed by atoms with E-state index in [9.17, 15) is 18.8 Å². The Hall–Kier alpha value is -3.24. The fourth-order valence-electron chi connectivity index (χ4n) is 2.68. The molecule has 0 bridgehead atoms. The van der Waals surface area contributed by atoms with Crippen molar-refractivity contribution in [3.05, 3.63) is 63.2 Å². The van der Waals surface area contributed by atoms with Gasteiger partial charge in [-0.1, -0.05) is 41.6 Å². The molecule has 2 aromatic carbocycles. The number of nitrogens with one attached hydrogen (secondary N) is 3. The molecular formula is C20H17ClFN5O3S. The standard InChI is InChI=1S/C20H17ClFN5O3S/c1-10-4-3-5-13(17(10)23-11(2)28)18-19(30)25-20(27-26-18)31-9-16(29)24-12-6-7-15(22)14(21)8-12/h3-8H,9H2,1-2H3,(H,23,28)(H,24,29)(H,25,27,30). The number of carbonyl (C=O) groups excluding carboxylic acids is 2. The van der Waals surface area contributed by atoms with Crippen molar-refractivity contribution in [3.8, 4) is 11.3 Å². The number of benzene rings is 2. The van der Waals surface area contributed by atoms with E-state index >= 15 is 0 Å². The first-order valence-electron chi connectivity index (χ1n) is 8.97. The smallest absolute Gasteiger partial charge is 0.278 e. The molecule has 0 saturated heterocycles. The predicted molar refractivity (Wildman–Crippen MR) is 118 cm³/mol. The van der Waals surface area contributed by atoms with Crippen LogP contribution in [0.3, 0.4) is 0 Å². The number of thioether (sulfide) groups is 1. The molecule has 2 amide bonds. The number of hydrogen-bond acceptors (Lipinski definition) is 6. The topological polar surface area (TPSA) is 117 Å². The van der Waals surface area contributed by atoms with Crippen LogP contribution in [0.1, 0.15) is 12.5 Å². The Morgan fingerprint density at radius 3 is 2.65 bits per heavy atom. The van der Waals surface area contributed by atoms with Gasteiger partial charge in [-0.25, -0.2) is 4.39 Å². The Morgan fingerprint density at radius 2 is 1.97 bits per heavy atom. The summed E-state index contributed by atoms with van der Waals surface area (Å²) in [6.45, 7) is 3.17. The minimum atomic E-state index is -0.586. The average Bonchev–Trinajstić information content (AvgIpc) is 2.71. The van der Waals surface area contributed by atoms with E-state index in [1.165, 1.54) is 19.1 Å². The van der Waals surface area contributed by atoms with Crippen LogP contribution in [0, 0.1) is 12.7 Å². The summed E-state index contributed by atoms with van der Waals surface area (Å²) in [6.07, 6.45) is 0. The van der Waals surface area contributed by atoms with Crippen LogP contribution in [0.2, 0.25) is 5.02 Å². The Kier molecular flexibility index (Phi) is 7.03. The lowest BCUT2D eigenvalue weighted by molar-refractivity contribution is -0.114. The fourth-order valence-corrected chi connectivity index (χ4v) is 3.46. The van der Waals surface area contributed by atoms with Crippen LogP contribution in [-0.4, -0.2) is 32.7 Å². The van der Waals surface area contributed by atoms with Crippen molar-refractivity contribution in [2.75, 3.05) is 16.4 Å². The number of halogens is 2. The molecule has 0 saturated carbocycles. The SMILES string of the molecule is CC(=O)Nc1c(C)cccc1-c1nnc(SCC(=O)Nc2ccc(F)c(Cl)c2)[nH]c1=O. The third-order valence-corrected chi connectivity index (χ3v) is 5.20. The lowest BCUT2D eigenvalue weighted by Crippen LogP contribution is -2.18. The molecule has 31 heavy (non-hydrogen) atoms. The highest BCUT2D eigenvalue weighted by atomic mass is 35.5. The quantitative estimate of drug-likeness (QED) is 0.483. The normalized spacial score (nSPS) is 10.6. The van der Waals surface area contributed by atoms with Crippen molar-refractivity contribution in [2.24, 2.45) is 0 Å². The molecule has 3 rings (SSSR count). The van der Waals surface area contributed by atoms with Gasteiger partial charge < -0.3 is 10.6 Å². The van der Waals surface area contributed by atoms with Crippen molar-refractivity contribution in [1.29, 1.82) is 0 Å². The van der Waals surface area contributed by atoms with Crippen molar-refractivity contribution in [1.82, 2.24) is 15.2 Å². The first-order valence-corrected chi connectivity index (χ1v) is 10.3. The first kappa shape index (κ1) is 22.4. The van der Waals surface area contributed by atoms with Gasteiger partial charge in [-0.3, -0.25) is 19.4 Å². The Bertz CT molecular complexity index is 1220. The molecule has 160 valence electrons. The number of anilines is 2. The zero-order valence-electron chi connectivity index (χ0n) is 16.5.